The van der Waals surface area contributed by atoms with Gasteiger partial charge in [0.2, 0.25) is 0 Å². The van der Waals surface area contributed by atoms with Crippen LogP contribution in [0.1, 0.15) is 77.0 Å². The maximum Gasteiger partial charge on any atom is 0.140 e. The molecular weight excluding hydrogens is 250 g/mol. The molecule has 114 valence electrons. The van der Waals surface area contributed by atoms with E-state index in [9.17, 15) is 4.79 Å². The maximum atomic E-state index is 11.8. The van der Waals surface area contributed by atoms with Gasteiger partial charge in [-0.1, -0.05) is 58.3 Å². The zero-order valence-corrected chi connectivity index (χ0v) is 13.1. The fraction of sp³-hybridized carbons (Fsp3) is 0.812. The summed E-state index contributed by atoms with van der Waals surface area (Å²) < 4.78 is 1.67. The van der Waals surface area contributed by atoms with Gasteiger partial charge in [0.25, 0.3) is 0 Å². The Balaban J connectivity index is 1.93. The first kappa shape index (κ1) is 16.9. The molecule has 1 aromatic rings. The Morgan fingerprint density at radius 2 is 1.65 bits per heavy atom. The van der Waals surface area contributed by atoms with Crippen molar-refractivity contribution in [1.82, 2.24) is 14.8 Å². The van der Waals surface area contributed by atoms with E-state index in [0.29, 0.717) is 12.8 Å². The maximum absolute atomic E-state index is 11.8. The van der Waals surface area contributed by atoms with Gasteiger partial charge in [-0.15, -0.1) is 0 Å². The van der Waals surface area contributed by atoms with Gasteiger partial charge >= 0.3 is 0 Å². The monoisotopic (exact) mass is 279 g/mol. The number of Topliss-reactive ketones (excluding diaryl/α,β-unsaturated/α-hetero) is 1. The Kier molecular flexibility index (Phi) is 8.92. The number of nitrogens with zero attached hydrogens (tertiary/aromatic N) is 3. The molecule has 0 unspecified atom stereocenters. The van der Waals surface area contributed by atoms with Gasteiger partial charge in [0.1, 0.15) is 17.9 Å². The number of carbonyl (C=O) groups is 1. The Bertz CT molecular complexity index is 374. The molecule has 0 bridgehead atoms. The predicted octanol–water partition coefficient (Wildman–Crippen LogP) is 3.85. The molecule has 1 heterocycles. The number of hydrogen-bond donors (Lipinski definition) is 0. The molecule has 4 heteroatoms. The fourth-order valence-electron chi connectivity index (χ4n) is 2.38. The summed E-state index contributed by atoms with van der Waals surface area (Å²) >= 11 is 0. The summed E-state index contributed by atoms with van der Waals surface area (Å²) in [5.74, 6) is 1.05. The standard InChI is InChI=1S/C16H29N3O/c1-3-4-5-6-7-8-9-10-11-12-15(20)13-16-17-14-18-19(16)2/h14H,3-13H2,1-2H3. The first-order valence-corrected chi connectivity index (χ1v) is 8.08. The highest BCUT2D eigenvalue weighted by atomic mass is 16.1. The molecule has 0 N–H and O–H groups in total. The van der Waals surface area contributed by atoms with Crippen molar-refractivity contribution in [2.45, 2.75) is 77.6 Å². The van der Waals surface area contributed by atoms with E-state index in [-0.39, 0.29) is 5.78 Å². The van der Waals surface area contributed by atoms with Crippen molar-refractivity contribution >= 4 is 5.78 Å². The van der Waals surface area contributed by atoms with E-state index < -0.39 is 0 Å². The van der Waals surface area contributed by atoms with Crippen LogP contribution in [0.5, 0.6) is 0 Å². The van der Waals surface area contributed by atoms with Crippen molar-refractivity contribution in [1.29, 1.82) is 0 Å². The van der Waals surface area contributed by atoms with Gasteiger partial charge in [0.05, 0.1) is 6.42 Å². The summed E-state index contributed by atoms with van der Waals surface area (Å²) in [6.45, 7) is 2.25. The van der Waals surface area contributed by atoms with E-state index in [1.54, 1.807) is 4.68 Å². The highest BCUT2D eigenvalue weighted by Gasteiger charge is 2.07. The van der Waals surface area contributed by atoms with Crippen LogP contribution in [0.3, 0.4) is 0 Å². The lowest BCUT2D eigenvalue weighted by molar-refractivity contribution is -0.118. The zero-order chi connectivity index (χ0) is 14.6. The molecule has 0 aliphatic rings. The molecule has 0 saturated heterocycles. The van der Waals surface area contributed by atoms with Gasteiger partial charge in [-0.2, -0.15) is 5.10 Å². The van der Waals surface area contributed by atoms with E-state index in [4.69, 9.17) is 0 Å². The largest absolute Gasteiger partial charge is 0.299 e. The number of carbonyl (C=O) groups excluding carboxylic acids is 1. The van der Waals surface area contributed by atoms with E-state index in [2.05, 4.69) is 17.0 Å². The van der Waals surface area contributed by atoms with E-state index in [1.807, 2.05) is 7.05 Å². The molecule has 0 amide bonds. The minimum absolute atomic E-state index is 0.282. The average molecular weight is 279 g/mol. The zero-order valence-electron chi connectivity index (χ0n) is 13.1. The van der Waals surface area contributed by atoms with Crippen LogP contribution in [-0.2, 0) is 18.3 Å². The average Bonchev–Trinajstić information content (AvgIpc) is 2.82. The number of hydrogen-bond acceptors (Lipinski definition) is 3. The molecule has 0 aliphatic heterocycles. The van der Waals surface area contributed by atoms with Gasteiger partial charge in [0.15, 0.2) is 0 Å². The molecular formula is C16H29N3O. The fourth-order valence-corrected chi connectivity index (χ4v) is 2.38. The van der Waals surface area contributed by atoms with Crippen molar-refractivity contribution in [3.8, 4) is 0 Å². The molecule has 0 radical (unpaired) electrons. The van der Waals surface area contributed by atoms with Crippen molar-refractivity contribution in [2.24, 2.45) is 7.05 Å². The Morgan fingerprint density at radius 3 is 2.20 bits per heavy atom. The van der Waals surface area contributed by atoms with Crippen LogP contribution in [0.15, 0.2) is 6.33 Å². The number of rotatable bonds is 12. The third-order valence-electron chi connectivity index (χ3n) is 3.72. The van der Waals surface area contributed by atoms with Crippen LogP contribution >= 0.6 is 0 Å². The summed E-state index contributed by atoms with van der Waals surface area (Å²) in [5, 5.41) is 3.97. The lowest BCUT2D eigenvalue weighted by atomic mass is 10.0. The van der Waals surface area contributed by atoms with E-state index >= 15 is 0 Å². The van der Waals surface area contributed by atoms with Gasteiger partial charge in [-0.3, -0.25) is 9.48 Å². The van der Waals surface area contributed by atoms with Crippen molar-refractivity contribution in [3.63, 3.8) is 0 Å². The lowest BCUT2D eigenvalue weighted by Crippen LogP contribution is -2.08. The van der Waals surface area contributed by atoms with Crippen molar-refractivity contribution < 1.29 is 4.79 Å². The molecule has 1 rings (SSSR count). The second kappa shape index (κ2) is 10.6. The van der Waals surface area contributed by atoms with Crippen LogP contribution in [0.25, 0.3) is 0 Å². The minimum Gasteiger partial charge on any atom is -0.299 e. The third-order valence-corrected chi connectivity index (χ3v) is 3.72. The van der Waals surface area contributed by atoms with Crippen LogP contribution in [-0.4, -0.2) is 20.5 Å². The second-order valence-electron chi connectivity index (χ2n) is 5.59. The first-order chi connectivity index (χ1) is 9.74. The quantitative estimate of drug-likeness (QED) is 0.546. The second-order valence-corrected chi connectivity index (χ2v) is 5.59. The molecule has 0 aliphatic carbocycles. The molecule has 1 aromatic heterocycles. The highest BCUT2D eigenvalue weighted by Crippen LogP contribution is 2.11. The number of unbranched alkanes of at least 4 members (excludes halogenated alkanes) is 8. The molecule has 4 nitrogen and oxygen atoms in total. The topological polar surface area (TPSA) is 47.8 Å². The first-order valence-electron chi connectivity index (χ1n) is 8.08. The smallest absolute Gasteiger partial charge is 0.140 e. The summed E-state index contributed by atoms with van der Waals surface area (Å²) in [7, 11) is 1.83. The minimum atomic E-state index is 0.282. The summed E-state index contributed by atoms with van der Waals surface area (Å²) in [6, 6.07) is 0. The van der Waals surface area contributed by atoms with Crippen molar-refractivity contribution in [3.05, 3.63) is 12.2 Å². The third kappa shape index (κ3) is 7.41. The summed E-state index contributed by atoms with van der Waals surface area (Å²) in [5.41, 5.74) is 0. The number of aromatic nitrogens is 3. The molecule has 20 heavy (non-hydrogen) atoms. The molecule has 0 saturated carbocycles. The molecule has 0 fully saturated rings. The van der Waals surface area contributed by atoms with E-state index in [0.717, 1.165) is 12.2 Å². The van der Waals surface area contributed by atoms with Crippen LogP contribution in [0.4, 0.5) is 0 Å². The Hall–Kier alpha value is -1.19. The molecule has 0 aromatic carbocycles. The van der Waals surface area contributed by atoms with Gasteiger partial charge in [-0.05, 0) is 6.42 Å². The lowest BCUT2D eigenvalue weighted by Gasteiger charge is -2.02. The van der Waals surface area contributed by atoms with Crippen molar-refractivity contribution in [2.75, 3.05) is 0 Å². The normalized spacial score (nSPS) is 10.9. The number of ketones is 1. The van der Waals surface area contributed by atoms with Crippen LogP contribution in [0, 0.1) is 0 Å². The summed E-state index contributed by atoms with van der Waals surface area (Å²) in [4.78, 5) is 15.9. The summed E-state index contributed by atoms with van der Waals surface area (Å²) in [6.07, 6.45) is 14.2. The Morgan fingerprint density at radius 1 is 1.05 bits per heavy atom. The highest BCUT2D eigenvalue weighted by molar-refractivity contribution is 5.80. The van der Waals surface area contributed by atoms with E-state index in [1.165, 1.54) is 57.7 Å². The molecule has 0 spiro atoms. The number of aryl methyl sites for hydroxylation is 1. The molecule has 0 atom stereocenters. The van der Waals surface area contributed by atoms with Crippen LogP contribution in [0.2, 0.25) is 0 Å². The Labute approximate surface area is 123 Å². The SMILES string of the molecule is CCCCCCCCCCCC(=O)Cc1ncnn1C. The van der Waals surface area contributed by atoms with Gasteiger partial charge < -0.3 is 0 Å². The predicted molar refractivity (Wildman–Crippen MR) is 81.6 cm³/mol. The van der Waals surface area contributed by atoms with Gasteiger partial charge in [0, 0.05) is 13.5 Å². The van der Waals surface area contributed by atoms with Gasteiger partial charge in [-0.25, -0.2) is 4.98 Å². The van der Waals surface area contributed by atoms with Crippen LogP contribution < -0.4 is 0 Å².